The first-order chi connectivity index (χ1) is 13.3. The number of carbonyl (C=O) groups excluding carboxylic acids is 1. The number of rotatable bonds is 5. The van der Waals surface area contributed by atoms with Crippen LogP contribution in [-0.2, 0) is 10.0 Å². The summed E-state index contributed by atoms with van der Waals surface area (Å²) in [4.78, 5) is 15.7. The number of carbonyl (C=O) groups is 1. The van der Waals surface area contributed by atoms with E-state index in [0.717, 1.165) is 48.4 Å². The van der Waals surface area contributed by atoms with Gasteiger partial charge in [-0.15, -0.1) is 11.8 Å². The molecule has 0 bridgehead atoms. The number of thioether (sulfide) groups is 1. The Kier molecular flexibility index (Phi) is 6.35. The second kappa shape index (κ2) is 8.57. The van der Waals surface area contributed by atoms with Gasteiger partial charge in [0.05, 0.1) is 16.1 Å². The summed E-state index contributed by atoms with van der Waals surface area (Å²) in [5, 5.41) is 0. The first-order valence-corrected chi connectivity index (χ1v) is 12.1. The van der Waals surface area contributed by atoms with E-state index in [1.165, 1.54) is 17.8 Å². The Bertz CT molecular complexity index is 981. The van der Waals surface area contributed by atoms with Crippen LogP contribution in [0.4, 0.5) is 5.69 Å². The summed E-state index contributed by atoms with van der Waals surface area (Å²) in [5.41, 5.74) is 2.83. The Hall–Kier alpha value is -1.99. The highest BCUT2D eigenvalue weighted by atomic mass is 32.2. The zero-order chi connectivity index (χ0) is 20.3. The molecule has 5 nitrogen and oxygen atoms in total. The maximum Gasteiger partial charge on any atom is 0.261 e. The van der Waals surface area contributed by atoms with Gasteiger partial charge in [-0.3, -0.25) is 9.52 Å². The van der Waals surface area contributed by atoms with Crippen LogP contribution in [0, 0.1) is 13.8 Å². The third-order valence-corrected chi connectivity index (χ3v) is 7.15. The van der Waals surface area contributed by atoms with Gasteiger partial charge < -0.3 is 4.90 Å². The van der Waals surface area contributed by atoms with Crippen LogP contribution in [0.3, 0.4) is 0 Å². The number of benzene rings is 2. The number of sulfonamides is 1. The fourth-order valence-electron chi connectivity index (χ4n) is 3.34. The van der Waals surface area contributed by atoms with Crippen LogP contribution in [0.2, 0.25) is 0 Å². The Morgan fingerprint density at radius 2 is 1.75 bits per heavy atom. The first kappa shape index (κ1) is 20.7. The van der Waals surface area contributed by atoms with Crippen LogP contribution >= 0.6 is 11.8 Å². The van der Waals surface area contributed by atoms with E-state index in [9.17, 15) is 13.2 Å². The maximum atomic E-state index is 13.0. The lowest BCUT2D eigenvalue weighted by Gasteiger charge is -2.27. The minimum Gasteiger partial charge on any atom is -0.339 e. The normalized spacial score (nSPS) is 14.8. The molecule has 1 heterocycles. The molecule has 1 aliphatic heterocycles. The quantitative estimate of drug-likeness (QED) is 0.729. The largest absolute Gasteiger partial charge is 0.339 e. The fourth-order valence-corrected chi connectivity index (χ4v) is 5.06. The fraction of sp³-hybridized carbons (Fsp3) is 0.381. The molecular formula is C21H26N2O3S2. The molecule has 0 radical (unpaired) electrons. The van der Waals surface area contributed by atoms with E-state index < -0.39 is 10.0 Å². The summed E-state index contributed by atoms with van der Waals surface area (Å²) in [6.45, 7) is 5.23. The molecule has 0 unspecified atom stereocenters. The van der Waals surface area contributed by atoms with E-state index in [1.54, 1.807) is 12.1 Å². The molecule has 1 aliphatic rings. The number of aryl methyl sites for hydroxylation is 2. The second-order valence-electron chi connectivity index (χ2n) is 7.14. The van der Waals surface area contributed by atoms with E-state index in [1.807, 2.05) is 43.2 Å². The minimum absolute atomic E-state index is 0.0900. The predicted molar refractivity (Wildman–Crippen MR) is 115 cm³/mol. The molecular weight excluding hydrogens is 392 g/mol. The van der Waals surface area contributed by atoms with Crippen molar-refractivity contribution in [3.8, 4) is 0 Å². The highest BCUT2D eigenvalue weighted by Gasteiger charge is 2.24. The van der Waals surface area contributed by atoms with E-state index in [-0.39, 0.29) is 10.8 Å². The molecule has 0 spiro atoms. The van der Waals surface area contributed by atoms with Crippen molar-refractivity contribution in [2.45, 2.75) is 42.9 Å². The zero-order valence-electron chi connectivity index (χ0n) is 16.5. The van der Waals surface area contributed by atoms with Gasteiger partial charge >= 0.3 is 0 Å². The number of hydrogen-bond acceptors (Lipinski definition) is 4. The molecule has 1 saturated heterocycles. The highest BCUT2D eigenvalue weighted by Crippen LogP contribution is 2.28. The van der Waals surface area contributed by atoms with Gasteiger partial charge in [0.15, 0.2) is 0 Å². The first-order valence-electron chi connectivity index (χ1n) is 9.39. The molecule has 3 rings (SSSR count). The average Bonchev–Trinajstić information content (AvgIpc) is 2.70. The monoisotopic (exact) mass is 418 g/mol. The average molecular weight is 419 g/mol. The summed E-state index contributed by atoms with van der Waals surface area (Å²) in [6, 6.07) is 10.4. The van der Waals surface area contributed by atoms with Crippen LogP contribution < -0.4 is 4.72 Å². The van der Waals surface area contributed by atoms with Gasteiger partial charge in [0.1, 0.15) is 0 Å². The number of anilines is 1. The standard InChI is InChI=1S/C21H26N2O3S2/c1-15-7-8-16(2)19(13-15)22-28(25,26)17-9-10-20(27-3)18(14-17)21(24)23-11-5-4-6-12-23/h7-10,13-14,22H,4-6,11-12H2,1-3H3. The van der Waals surface area contributed by atoms with Gasteiger partial charge in [-0.25, -0.2) is 8.42 Å². The van der Waals surface area contributed by atoms with Crippen molar-refractivity contribution in [1.82, 2.24) is 4.90 Å². The van der Waals surface area contributed by atoms with Gasteiger partial charge in [-0.05, 0) is 74.8 Å². The second-order valence-corrected chi connectivity index (χ2v) is 9.67. The summed E-state index contributed by atoms with van der Waals surface area (Å²) in [6.07, 6.45) is 5.01. The molecule has 1 fully saturated rings. The molecule has 1 N–H and O–H groups in total. The molecule has 2 aromatic rings. The molecule has 0 saturated carbocycles. The number of piperidine rings is 1. The van der Waals surface area contributed by atoms with Crippen molar-refractivity contribution in [2.24, 2.45) is 0 Å². The van der Waals surface area contributed by atoms with Gasteiger partial charge in [0.2, 0.25) is 0 Å². The molecule has 2 aromatic carbocycles. The van der Waals surface area contributed by atoms with Gasteiger partial charge in [0.25, 0.3) is 15.9 Å². The summed E-state index contributed by atoms with van der Waals surface area (Å²) >= 11 is 1.45. The summed E-state index contributed by atoms with van der Waals surface area (Å²) in [5.74, 6) is -0.0900. The van der Waals surface area contributed by atoms with E-state index >= 15 is 0 Å². The van der Waals surface area contributed by atoms with Gasteiger partial charge in [-0.2, -0.15) is 0 Å². The Labute approximate surface area is 171 Å². The highest BCUT2D eigenvalue weighted by molar-refractivity contribution is 7.98. The molecule has 0 atom stereocenters. The number of nitrogens with one attached hydrogen (secondary N) is 1. The zero-order valence-corrected chi connectivity index (χ0v) is 18.1. The smallest absolute Gasteiger partial charge is 0.261 e. The summed E-state index contributed by atoms with van der Waals surface area (Å²) < 4.78 is 28.6. The molecule has 7 heteroatoms. The Morgan fingerprint density at radius 1 is 1.04 bits per heavy atom. The Balaban J connectivity index is 1.95. The van der Waals surface area contributed by atoms with E-state index in [0.29, 0.717) is 11.3 Å². The number of nitrogens with zero attached hydrogens (tertiary/aromatic N) is 1. The van der Waals surface area contributed by atoms with E-state index in [4.69, 9.17) is 0 Å². The van der Waals surface area contributed by atoms with Crippen molar-refractivity contribution in [1.29, 1.82) is 0 Å². The van der Waals surface area contributed by atoms with E-state index in [2.05, 4.69) is 4.72 Å². The van der Waals surface area contributed by atoms with Crippen LogP contribution in [0.25, 0.3) is 0 Å². The van der Waals surface area contributed by atoms with Crippen LogP contribution in [0.5, 0.6) is 0 Å². The van der Waals surface area contributed by atoms with Crippen molar-refractivity contribution >= 4 is 33.4 Å². The number of hydrogen-bond donors (Lipinski definition) is 1. The van der Waals surface area contributed by atoms with Crippen LogP contribution in [0.1, 0.15) is 40.7 Å². The van der Waals surface area contributed by atoms with Crippen molar-refractivity contribution in [3.05, 3.63) is 53.1 Å². The maximum absolute atomic E-state index is 13.0. The van der Waals surface area contributed by atoms with Crippen LogP contribution in [-0.4, -0.2) is 38.6 Å². The number of likely N-dealkylation sites (tertiary alicyclic amines) is 1. The topological polar surface area (TPSA) is 66.5 Å². The Morgan fingerprint density at radius 3 is 2.43 bits per heavy atom. The SMILES string of the molecule is CSc1ccc(S(=O)(=O)Nc2cc(C)ccc2C)cc1C(=O)N1CCCCC1. The van der Waals surface area contributed by atoms with Crippen molar-refractivity contribution in [3.63, 3.8) is 0 Å². The third-order valence-electron chi connectivity index (χ3n) is 4.99. The molecule has 150 valence electrons. The van der Waals surface area contributed by atoms with Crippen LogP contribution in [0.15, 0.2) is 46.2 Å². The third kappa shape index (κ3) is 4.52. The minimum atomic E-state index is -3.79. The lowest BCUT2D eigenvalue weighted by atomic mass is 10.1. The molecule has 28 heavy (non-hydrogen) atoms. The van der Waals surface area contributed by atoms with Gasteiger partial charge in [0, 0.05) is 18.0 Å². The van der Waals surface area contributed by atoms with Crippen molar-refractivity contribution in [2.75, 3.05) is 24.1 Å². The number of amides is 1. The lowest BCUT2D eigenvalue weighted by molar-refractivity contribution is 0.0720. The predicted octanol–water partition coefficient (Wildman–Crippen LogP) is 4.45. The molecule has 0 aliphatic carbocycles. The van der Waals surface area contributed by atoms with Gasteiger partial charge in [-0.1, -0.05) is 12.1 Å². The lowest BCUT2D eigenvalue weighted by Crippen LogP contribution is -2.36. The van der Waals surface area contributed by atoms with Crippen molar-refractivity contribution < 1.29 is 13.2 Å². The molecule has 1 amide bonds. The molecule has 0 aromatic heterocycles. The summed E-state index contributed by atoms with van der Waals surface area (Å²) in [7, 11) is -3.79.